The number of nitrogens with zero attached hydrogens (tertiary/aromatic N) is 3. The molecule has 0 N–H and O–H groups in total. The van der Waals surface area contributed by atoms with E-state index < -0.39 is 11.6 Å². The lowest BCUT2D eigenvalue weighted by Crippen LogP contribution is -2.17. The Labute approximate surface area is 170 Å². The lowest BCUT2D eigenvalue weighted by molar-refractivity contribution is 0.578. The minimum atomic E-state index is -0.561. The van der Waals surface area contributed by atoms with E-state index in [0.717, 1.165) is 29.0 Å². The van der Waals surface area contributed by atoms with Crippen LogP contribution in [0.25, 0.3) is 5.57 Å². The number of halogens is 2. The average molecular weight is 393 g/mol. The van der Waals surface area contributed by atoms with Crippen molar-refractivity contribution in [3.05, 3.63) is 89.6 Å². The first-order valence-electron chi connectivity index (χ1n) is 9.56. The summed E-state index contributed by atoms with van der Waals surface area (Å²) in [6.07, 6.45) is 4.86. The predicted molar refractivity (Wildman–Crippen MR) is 116 cm³/mol. The maximum Gasteiger partial charge on any atom is 0.135 e. The Kier molecular flexibility index (Phi) is 6.37. The number of hydrogen-bond acceptors (Lipinski definition) is 2. The molecule has 3 rings (SSSR count). The summed E-state index contributed by atoms with van der Waals surface area (Å²) < 4.78 is 28.1. The van der Waals surface area contributed by atoms with Crippen molar-refractivity contribution < 1.29 is 8.78 Å². The van der Waals surface area contributed by atoms with Crippen LogP contribution in [0.1, 0.15) is 42.5 Å². The van der Waals surface area contributed by atoms with Crippen molar-refractivity contribution in [2.24, 2.45) is 9.98 Å². The first kappa shape index (κ1) is 20.6. The van der Waals surface area contributed by atoms with E-state index in [1.165, 1.54) is 18.2 Å². The van der Waals surface area contributed by atoms with Gasteiger partial charge < -0.3 is 4.90 Å². The Bertz CT molecular complexity index is 965. The molecule has 1 unspecified atom stereocenters. The summed E-state index contributed by atoms with van der Waals surface area (Å²) in [5.41, 5.74) is 3.44. The maximum atomic E-state index is 14.0. The molecular formula is C24H25F2N3. The first-order chi connectivity index (χ1) is 13.9. The van der Waals surface area contributed by atoms with Crippen molar-refractivity contribution in [1.29, 1.82) is 0 Å². The van der Waals surface area contributed by atoms with Gasteiger partial charge in [0.1, 0.15) is 17.5 Å². The minimum Gasteiger partial charge on any atom is -0.366 e. The van der Waals surface area contributed by atoms with Crippen molar-refractivity contribution in [2.75, 3.05) is 14.1 Å². The molecule has 1 heterocycles. The zero-order valence-electron chi connectivity index (χ0n) is 17.0. The van der Waals surface area contributed by atoms with Gasteiger partial charge >= 0.3 is 0 Å². The van der Waals surface area contributed by atoms with Crippen LogP contribution in [0.15, 0.2) is 71.3 Å². The van der Waals surface area contributed by atoms with E-state index in [1.54, 1.807) is 12.3 Å². The van der Waals surface area contributed by atoms with Gasteiger partial charge in [0.05, 0.1) is 11.6 Å². The smallest absolute Gasteiger partial charge is 0.135 e. The van der Waals surface area contributed by atoms with Crippen molar-refractivity contribution in [2.45, 2.75) is 25.8 Å². The molecule has 1 aliphatic heterocycles. The molecule has 0 fully saturated rings. The molecule has 3 nitrogen and oxygen atoms in total. The summed E-state index contributed by atoms with van der Waals surface area (Å²) in [4.78, 5) is 11.0. The van der Waals surface area contributed by atoms with Gasteiger partial charge in [0.2, 0.25) is 0 Å². The van der Waals surface area contributed by atoms with Crippen molar-refractivity contribution in [1.82, 2.24) is 4.90 Å². The lowest BCUT2D eigenvalue weighted by Gasteiger charge is -2.11. The van der Waals surface area contributed by atoms with Crippen LogP contribution in [0, 0.1) is 11.6 Å². The van der Waals surface area contributed by atoms with Gasteiger partial charge in [0, 0.05) is 26.0 Å². The summed E-state index contributed by atoms with van der Waals surface area (Å²) in [6.45, 7) is 5.81. The summed E-state index contributed by atoms with van der Waals surface area (Å²) in [6, 6.07) is 11.8. The van der Waals surface area contributed by atoms with Gasteiger partial charge in [-0.3, -0.25) is 4.99 Å². The minimum absolute atomic E-state index is 0.00220. The second-order valence-electron chi connectivity index (χ2n) is 7.21. The third-order valence-electron chi connectivity index (χ3n) is 5.10. The number of allylic oxidation sites excluding steroid dienone is 2. The fraction of sp³-hybridized carbons (Fsp3) is 0.250. The lowest BCUT2D eigenvalue weighted by atomic mass is 9.99. The van der Waals surface area contributed by atoms with E-state index in [4.69, 9.17) is 0 Å². The maximum absolute atomic E-state index is 14.0. The Morgan fingerprint density at radius 3 is 2.38 bits per heavy atom. The van der Waals surface area contributed by atoms with Crippen molar-refractivity contribution in [3.63, 3.8) is 0 Å². The molecule has 0 bridgehead atoms. The quantitative estimate of drug-likeness (QED) is 0.359. The molecule has 29 heavy (non-hydrogen) atoms. The number of hydrogen-bond donors (Lipinski definition) is 0. The molecule has 5 heteroatoms. The number of amidine groups is 1. The third-order valence-corrected chi connectivity index (χ3v) is 5.10. The van der Waals surface area contributed by atoms with Crippen LogP contribution in [0.4, 0.5) is 8.78 Å². The summed E-state index contributed by atoms with van der Waals surface area (Å²) in [5, 5.41) is 0. The molecule has 1 aliphatic rings. The third kappa shape index (κ3) is 4.67. The van der Waals surface area contributed by atoms with Gasteiger partial charge in [-0.25, -0.2) is 13.8 Å². The molecule has 1 atom stereocenters. The zero-order valence-corrected chi connectivity index (χ0v) is 17.0. The highest BCUT2D eigenvalue weighted by atomic mass is 19.1. The highest BCUT2D eigenvalue weighted by molar-refractivity contribution is 6.02. The average Bonchev–Trinajstić information content (AvgIpc) is 3.18. The van der Waals surface area contributed by atoms with Crippen LogP contribution in [0.3, 0.4) is 0 Å². The van der Waals surface area contributed by atoms with Gasteiger partial charge in [0.15, 0.2) is 0 Å². The standard InChI is InChI=1S/C24H25F2N3/c1-5-17(15-27-16(2)29(3)4)18-9-11-19(12-10-18)22-13-14-23(28-22)24-20(25)7-6-8-21(24)26/h5-12,15,22H,1,13-14H2,2-4H3/b17-15+,27-16?. The second-order valence-corrected chi connectivity index (χ2v) is 7.21. The predicted octanol–water partition coefficient (Wildman–Crippen LogP) is 5.80. The molecule has 0 aromatic heterocycles. The molecule has 0 amide bonds. The van der Waals surface area contributed by atoms with Crippen LogP contribution in [0.5, 0.6) is 0 Å². The topological polar surface area (TPSA) is 28.0 Å². The highest BCUT2D eigenvalue weighted by Crippen LogP contribution is 2.33. The Morgan fingerprint density at radius 1 is 1.14 bits per heavy atom. The molecule has 0 saturated carbocycles. The van der Waals surface area contributed by atoms with E-state index in [1.807, 2.05) is 50.2 Å². The number of aliphatic imine (C=N–C) groups is 2. The van der Waals surface area contributed by atoms with E-state index in [2.05, 4.69) is 16.6 Å². The summed E-state index contributed by atoms with van der Waals surface area (Å²) >= 11 is 0. The summed E-state index contributed by atoms with van der Waals surface area (Å²) in [7, 11) is 3.89. The molecular weight excluding hydrogens is 368 g/mol. The summed E-state index contributed by atoms with van der Waals surface area (Å²) in [5.74, 6) is -0.225. The molecule has 0 saturated heterocycles. The van der Waals surface area contributed by atoms with Crippen LogP contribution in [0.2, 0.25) is 0 Å². The second kappa shape index (κ2) is 8.95. The van der Waals surface area contributed by atoms with Crippen molar-refractivity contribution in [3.8, 4) is 0 Å². The van der Waals surface area contributed by atoms with Crippen molar-refractivity contribution >= 4 is 17.1 Å². The zero-order chi connectivity index (χ0) is 21.0. The first-order valence-corrected chi connectivity index (χ1v) is 9.56. The fourth-order valence-electron chi connectivity index (χ4n) is 3.22. The van der Waals surface area contributed by atoms with Crippen LogP contribution < -0.4 is 0 Å². The monoisotopic (exact) mass is 393 g/mol. The molecule has 150 valence electrons. The van der Waals surface area contributed by atoms with Crippen LogP contribution >= 0.6 is 0 Å². The van der Waals surface area contributed by atoms with E-state index >= 15 is 0 Å². The molecule has 0 spiro atoms. The van der Waals surface area contributed by atoms with E-state index in [9.17, 15) is 8.78 Å². The van der Waals surface area contributed by atoms with Crippen LogP contribution in [-0.2, 0) is 0 Å². The van der Waals surface area contributed by atoms with Gasteiger partial charge in [-0.2, -0.15) is 0 Å². The Hall–Kier alpha value is -3.08. The Balaban J connectivity index is 1.82. The number of rotatable bonds is 5. The number of benzene rings is 2. The normalized spacial score (nSPS) is 17.3. The van der Waals surface area contributed by atoms with Gasteiger partial charge in [-0.1, -0.05) is 43.0 Å². The van der Waals surface area contributed by atoms with Crippen LogP contribution in [-0.4, -0.2) is 30.5 Å². The highest BCUT2D eigenvalue weighted by Gasteiger charge is 2.24. The molecule has 0 aliphatic carbocycles. The van der Waals surface area contributed by atoms with Gasteiger partial charge in [-0.15, -0.1) is 0 Å². The fourth-order valence-corrected chi connectivity index (χ4v) is 3.22. The largest absolute Gasteiger partial charge is 0.366 e. The Morgan fingerprint density at radius 2 is 1.79 bits per heavy atom. The molecule has 0 radical (unpaired) electrons. The van der Waals surface area contributed by atoms with E-state index in [0.29, 0.717) is 12.1 Å². The molecule has 2 aromatic carbocycles. The SMILES string of the molecule is C=C/C(=C\N=C(C)N(C)C)c1ccc(C2CCC(c3c(F)cccc3F)=N2)cc1. The van der Waals surface area contributed by atoms with E-state index in [-0.39, 0.29) is 11.6 Å². The molecule has 2 aromatic rings. The van der Waals surface area contributed by atoms with Gasteiger partial charge in [0.25, 0.3) is 0 Å². The van der Waals surface area contributed by atoms with Gasteiger partial charge in [-0.05, 0) is 48.6 Å².